The minimum absolute atomic E-state index is 0.103. The van der Waals surface area contributed by atoms with Crippen LogP contribution in [-0.4, -0.2) is 33.0 Å². The van der Waals surface area contributed by atoms with Crippen LogP contribution >= 0.6 is 23.8 Å². The largest absolute Gasteiger partial charge is 0.496 e. The van der Waals surface area contributed by atoms with Crippen LogP contribution in [0.15, 0.2) is 41.4 Å². The summed E-state index contributed by atoms with van der Waals surface area (Å²) in [5, 5.41) is 3.05. The quantitative estimate of drug-likeness (QED) is 0.532. The van der Waals surface area contributed by atoms with Crippen LogP contribution in [0.4, 0.5) is 0 Å². The van der Waals surface area contributed by atoms with Gasteiger partial charge in [0.1, 0.15) is 5.75 Å². The average Bonchev–Trinajstić information content (AvgIpc) is 2.62. The van der Waals surface area contributed by atoms with Gasteiger partial charge in [-0.1, -0.05) is 17.7 Å². The number of aliphatic imine (C=N–C) groups is 1. The van der Waals surface area contributed by atoms with Gasteiger partial charge in [0, 0.05) is 16.5 Å². The highest BCUT2D eigenvalue weighted by atomic mass is 35.5. The first-order valence-electron chi connectivity index (χ1n) is 7.23. The molecule has 0 saturated carbocycles. The molecule has 2 rings (SSSR count). The maximum atomic E-state index is 6.18. The van der Waals surface area contributed by atoms with Gasteiger partial charge >= 0.3 is 0 Å². The number of halogens is 1. The second-order valence-corrected chi connectivity index (χ2v) is 5.60. The number of hydrogen-bond acceptors (Lipinski definition) is 5. The molecular weight excluding hydrogens is 346 g/mol. The summed E-state index contributed by atoms with van der Waals surface area (Å²) in [5.74, 6) is 1.94. The van der Waals surface area contributed by atoms with E-state index in [1.807, 2.05) is 30.3 Å². The van der Waals surface area contributed by atoms with Gasteiger partial charge in [-0.3, -0.25) is 0 Å². The molecule has 126 valence electrons. The second kappa shape index (κ2) is 8.69. The van der Waals surface area contributed by atoms with Crippen molar-refractivity contribution in [2.75, 3.05) is 27.9 Å². The van der Waals surface area contributed by atoms with Crippen LogP contribution in [-0.2, 0) is 0 Å². The van der Waals surface area contributed by atoms with Gasteiger partial charge in [0.15, 0.2) is 11.5 Å². The van der Waals surface area contributed by atoms with Gasteiger partial charge in [0.2, 0.25) is 0 Å². The van der Waals surface area contributed by atoms with E-state index in [9.17, 15) is 0 Å². The van der Waals surface area contributed by atoms with Crippen molar-refractivity contribution >= 4 is 29.0 Å². The molecule has 0 fully saturated rings. The highest BCUT2D eigenvalue weighted by molar-refractivity contribution is 7.78. The van der Waals surface area contributed by atoms with Crippen LogP contribution in [0.25, 0.3) is 0 Å². The Bertz CT molecular complexity index is 760. The number of benzene rings is 2. The van der Waals surface area contributed by atoms with Crippen LogP contribution in [0.2, 0.25) is 5.02 Å². The van der Waals surface area contributed by atoms with Gasteiger partial charge < -0.3 is 14.2 Å². The fraction of sp³-hybridized carbons (Fsp3) is 0.278. The lowest BCUT2D eigenvalue weighted by atomic mass is 9.90. The Hall–Kier alpha value is -2.07. The number of rotatable bonds is 7. The van der Waals surface area contributed by atoms with E-state index >= 15 is 0 Å². The molecule has 0 spiro atoms. The number of hydrogen-bond donors (Lipinski definition) is 0. The number of thiocarbonyl (C=S) groups is 1. The van der Waals surface area contributed by atoms with Crippen LogP contribution in [0.1, 0.15) is 17.0 Å². The summed E-state index contributed by atoms with van der Waals surface area (Å²) in [4.78, 5) is 4.12. The monoisotopic (exact) mass is 363 g/mol. The third-order valence-corrected chi connectivity index (χ3v) is 4.08. The van der Waals surface area contributed by atoms with Crippen molar-refractivity contribution in [1.82, 2.24) is 0 Å². The van der Waals surface area contributed by atoms with Crippen molar-refractivity contribution in [2.24, 2.45) is 4.99 Å². The van der Waals surface area contributed by atoms with E-state index in [-0.39, 0.29) is 5.92 Å². The highest BCUT2D eigenvalue weighted by Crippen LogP contribution is 2.37. The van der Waals surface area contributed by atoms with Gasteiger partial charge in [-0.05, 0) is 48.1 Å². The summed E-state index contributed by atoms with van der Waals surface area (Å²) in [6, 6.07) is 11.2. The Morgan fingerprint density at radius 3 is 2.29 bits per heavy atom. The Labute approximate surface area is 152 Å². The van der Waals surface area contributed by atoms with Crippen LogP contribution in [0, 0.1) is 0 Å². The summed E-state index contributed by atoms with van der Waals surface area (Å²) < 4.78 is 16.2. The highest BCUT2D eigenvalue weighted by Gasteiger charge is 2.20. The molecule has 24 heavy (non-hydrogen) atoms. The number of nitrogens with zero attached hydrogens (tertiary/aromatic N) is 1. The Kier molecular flexibility index (Phi) is 6.62. The molecular formula is C18H18ClNO3S. The Balaban J connectivity index is 2.57. The molecule has 0 radical (unpaired) electrons. The van der Waals surface area contributed by atoms with Crippen molar-refractivity contribution in [3.8, 4) is 17.2 Å². The van der Waals surface area contributed by atoms with E-state index < -0.39 is 0 Å². The zero-order chi connectivity index (χ0) is 17.5. The molecule has 0 aliphatic rings. The lowest BCUT2D eigenvalue weighted by Gasteiger charge is -2.20. The second-order valence-electron chi connectivity index (χ2n) is 4.99. The molecule has 0 N–H and O–H groups in total. The van der Waals surface area contributed by atoms with Crippen molar-refractivity contribution in [3.63, 3.8) is 0 Å². The molecule has 0 amide bonds. The van der Waals surface area contributed by atoms with Gasteiger partial charge in [0.05, 0.1) is 33.0 Å². The van der Waals surface area contributed by atoms with E-state index in [0.717, 1.165) is 16.9 Å². The molecule has 0 heterocycles. The first kappa shape index (κ1) is 18.3. The first-order valence-corrected chi connectivity index (χ1v) is 8.02. The predicted molar refractivity (Wildman–Crippen MR) is 99.3 cm³/mol. The van der Waals surface area contributed by atoms with E-state index in [1.54, 1.807) is 27.4 Å². The lowest BCUT2D eigenvalue weighted by molar-refractivity contribution is 0.354. The minimum Gasteiger partial charge on any atom is -0.496 e. The minimum atomic E-state index is -0.103. The number of isothiocyanates is 1. The summed E-state index contributed by atoms with van der Waals surface area (Å²) >= 11 is 10.9. The normalized spacial score (nSPS) is 11.3. The number of methoxy groups -OCH3 is 3. The fourth-order valence-electron chi connectivity index (χ4n) is 2.56. The van der Waals surface area contributed by atoms with Crippen molar-refractivity contribution < 1.29 is 14.2 Å². The van der Waals surface area contributed by atoms with Crippen LogP contribution < -0.4 is 14.2 Å². The standard InChI is InChI=1S/C18H18ClNO3S/c1-21-16-7-5-13(19)9-14(16)15(10-20-11-24)12-4-6-17(22-2)18(8-12)23-3/h4-9,15H,10H2,1-3H3. The maximum Gasteiger partial charge on any atom is 0.161 e. The van der Waals surface area contributed by atoms with E-state index in [4.69, 9.17) is 38.0 Å². The average molecular weight is 364 g/mol. The van der Waals surface area contributed by atoms with Crippen LogP contribution in [0.5, 0.6) is 17.2 Å². The molecule has 0 aliphatic carbocycles. The molecule has 0 aliphatic heterocycles. The van der Waals surface area contributed by atoms with Crippen molar-refractivity contribution in [1.29, 1.82) is 0 Å². The maximum absolute atomic E-state index is 6.18. The summed E-state index contributed by atoms with van der Waals surface area (Å²) in [7, 11) is 4.83. The smallest absolute Gasteiger partial charge is 0.161 e. The topological polar surface area (TPSA) is 40.0 Å². The van der Waals surface area contributed by atoms with Gasteiger partial charge in [0.25, 0.3) is 0 Å². The molecule has 1 atom stereocenters. The lowest BCUT2D eigenvalue weighted by Crippen LogP contribution is -2.08. The molecule has 2 aromatic carbocycles. The predicted octanol–water partition coefficient (Wildman–Crippen LogP) is 4.60. The molecule has 0 bridgehead atoms. The molecule has 6 heteroatoms. The SMILES string of the molecule is COc1ccc(C(CN=C=S)c2cc(Cl)ccc2OC)cc1OC. The van der Waals surface area contributed by atoms with Crippen molar-refractivity contribution in [2.45, 2.75) is 5.92 Å². The van der Waals surface area contributed by atoms with Crippen molar-refractivity contribution in [3.05, 3.63) is 52.5 Å². The first-order chi connectivity index (χ1) is 11.6. The van der Waals surface area contributed by atoms with Crippen LogP contribution in [0.3, 0.4) is 0 Å². The summed E-state index contributed by atoms with van der Waals surface area (Å²) in [5.41, 5.74) is 1.91. The van der Waals surface area contributed by atoms with E-state index in [1.165, 1.54) is 0 Å². The Morgan fingerprint density at radius 1 is 1.00 bits per heavy atom. The Morgan fingerprint density at radius 2 is 1.67 bits per heavy atom. The van der Waals surface area contributed by atoms with Gasteiger partial charge in [-0.2, -0.15) is 0 Å². The molecule has 0 saturated heterocycles. The molecule has 1 unspecified atom stereocenters. The van der Waals surface area contributed by atoms with Gasteiger partial charge in [-0.25, -0.2) is 4.99 Å². The van der Waals surface area contributed by atoms with E-state index in [0.29, 0.717) is 23.1 Å². The summed E-state index contributed by atoms with van der Waals surface area (Å²) in [6.45, 7) is 0.426. The summed E-state index contributed by atoms with van der Waals surface area (Å²) in [6.07, 6.45) is 0. The fourth-order valence-corrected chi connectivity index (χ4v) is 2.81. The number of ether oxygens (including phenoxy) is 3. The third kappa shape index (κ3) is 4.06. The molecule has 0 aromatic heterocycles. The third-order valence-electron chi connectivity index (χ3n) is 3.72. The zero-order valence-corrected chi connectivity index (χ0v) is 15.3. The van der Waals surface area contributed by atoms with E-state index in [2.05, 4.69) is 10.2 Å². The van der Waals surface area contributed by atoms with Gasteiger partial charge in [-0.15, -0.1) is 0 Å². The molecule has 2 aromatic rings. The molecule has 4 nitrogen and oxygen atoms in total. The zero-order valence-electron chi connectivity index (χ0n) is 13.7.